The SMILES string of the molecule is CCCNC(c1ccc2cccnc2c1)C1CCC(C)C1. The lowest BCUT2D eigenvalue weighted by atomic mass is 9.90. The van der Waals surface area contributed by atoms with E-state index in [2.05, 4.69) is 48.4 Å². The Labute approximate surface area is 128 Å². The summed E-state index contributed by atoms with van der Waals surface area (Å²) in [6, 6.07) is 11.4. The number of fused-ring (bicyclic) bond motifs is 1. The molecule has 1 aliphatic rings. The van der Waals surface area contributed by atoms with Gasteiger partial charge in [-0.25, -0.2) is 0 Å². The summed E-state index contributed by atoms with van der Waals surface area (Å²) >= 11 is 0. The van der Waals surface area contributed by atoms with Gasteiger partial charge in [-0.3, -0.25) is 4.98 Å². The van der Waals surface area contributed by atoms with Gasteiger partial charge < -0.3 is 5.32 Å². The Morgan fingerprint density at radius 3 is 2.95 bits per heavy atom. The van der Waals surface area contributed by atoms with Crippen molar-refractivity contribution < 1.29 is 0 Å². The maximum absolute atomic E-state index is 4.52. The van der Waals surface area contributed by atoms with Crippen molar-refractivity contribution in [3.63, 3.8) is 0 Å². The molecule has 3 rings (SSSR count). The molecule has 0 spiro atoms. The first-order valence-corrected chi connectivity index (χ1v) is 8.36. The predicted molar refractivity (Wildman–Crippen MR) is 89.3 cm³/mol. The van der Waals surface area contributed by atoms with E-state index in [9.17, 15) is 0 Å². The van der Waals surface area contributed by atoms with Crippen LogP contribution in [0.3, 0.4) is 0 Å². The number of hydrogen-bond acceptors (Lipinski definition) is 2. The molecule has 0 saturated heterocycles. The van der Waals surface area contributed by atoms with Crippen LogP contribution < -0.4 is 5.32 Å². The third kappa shape index (κ3) is 3.26. The molecule has 3 atom stereocenters. The lowest BCUT2D eigenvalue weighted by Gasteiger charge is -2.26. The molecule has 21 heavy (non-hydrogen) atoms. The number of nitrogens with one attached hydrogen (secondary N) is 1. The van der Waals surface area contributed by atoms with E-state index in [4.69, 9.17) is 0 Å². The van der Waals surface area contributed by atoms with Gasteiger partial charge in [0.1, 0.15) is 0 Å². The van der Waals surface area contributed by atoms with Crippen LogP contribution in [0.2, 0.25) is 0 Å². The molecule has 1 N–H and O–H groups in total. The van der Waals surface area contributed by atoms with E-state index in [-0.39, 0.29) is 0 Å². The van der Waals surface area contributed by atoms with Gasteiger partial charge in [0.15, 0.2) is 0 Å². The molecule has 1 heterocycles. The van der Waals surface area contributed by atoms with E-state index in [0.717, 1.165) is 23.9 Å². The molecule has 1 aliphatic carbocycles. The monoisotopic (exact) mass is 282 g/mol. The predicted octanol–water partition coefficient (Wildman–Crippen LogP) is 4.71. The van der Waals surface area contributed by atoms with Crippen molar-refractivity contribution in [1.29, 1.82) is 0 Å². The lowest BCUT2D eigenvalue weighted by molar-refractivity contribution is 0.359. The number of pyridine rings is 1. The molecule has 2 nitrogen and oxygen atoms in total. The quantitative estimate of drug-likeness (QED) is 0.859. The largest absolute Gasteiger partial charge is 0.310 e. The minimum absolute atomic E-state index is 0.487. The van der Waals surface area contributed by atoms with Crippen molar-refractivity contribution in [1.82, 2.24) is 10.3 Å². The summed E-state index contributed by atoms with van der Waals surface area (Å²) in [5.74, 6) is 1.65. The van der Waals surface area contributed by atoms with Crippen LogP contribution in [0, 0.1) is 11.8 Å². The summed E-state index contributed by atoms with van der Waals surface area (Å²) in [6.45, 7) is 5.72. The highest BCUT2D eigenvalue weighted by molar-refractivity contribution is 5.79. The third-order valence-electron chi connectivity index (χ3n) is 4.81. The first-order chi connectivity index (χ1) is 10.3. The summed E-state index contributed by atoms with van der Waals surface area (Å²) in [5, 5.41) is 5.02. The molecule has 2 heteroatoms. The van der Waals surface area contributed by atoms with E-state index in [0.29, 0.717) is 6.04 Å². The number of hydrogen-bond donors (Lipinski definition) is 1. The number of nitrogens with zero attached hydrogens (tertiary/aromatic N) is 1. The normalized spacial score (nSPS) is 23.5. The Balaban J connectivity index is 1.89. The molecule has 112 valence electrons. The van der Waals surface area contributed by atoms with Crippen LogP contribution in [0.15, 0.2) is 36.5 Å². The highest BCUT2D eigenvalue weighted by atomic mass is 14.9. The van der Waals surface area contributed by atoms with E-state index in [1.54, 1.807) is 0 Å². The van der Waals surface area contributed by atoms with Crippen molar-refractivity contribution in [2.75, 3.05) is 6.54 Å². The average Bonchev–Trinajstić information content (AvgIpc) is 2.94. The maximum Gasteiger partial charge on any atom is 0.0705 e. The van der Waals surface area contributed by atoms with Crippen molar-refractivity contribution in [3.05, 3.63) is 42.1 Å². The van der Waals surface area contributed by atoms with Gasteiger partial charge in [-0.2, -0.15) is 0 Å². The third-order valence-corrected chi connectivity index (χ3v) is 4.81. The van der Waals surface area contributed by atoms with E-state index in [1.807, 2.05) is 12.3 Å². The Hall–Kier alpha value is -1.41. The lowest BCUT2D eigenvalue weighted by Crippen LogP contribution is -2.28. The Morgan fingerprint density at radius 2 is 2.19 bits per heavy atom. The van der Waals surface area contributed by atoms with Crippen LogP contribution in [-0.4, -0.2) is 11.5 Å². The fourth-order valence-electron chi connectivity index (χ4n) is 3.69. The van der Waals surface area contributed by atoms with Crippen LogP contribution in [0.1, 0.15) is 51.1 Å². The number of rotatable bonds is 5. The molecule has 0 bridgehead atoms. The second kappa shape index (κ2) is 6.57. The first-order valence-electron chi connectivity index (χ1n) is 8.36. The van der Waals surface area contributed by atoms with E-state index < -0.39 is 0 Å². The highest BCUT2D eigenvalue weighted by Crippen LogP contribution is 2.39. The number of benzene rings is 1. The molecular weight excluding hydrogens is 256 g/mol. The Morgan fingerprint density at radius 1 is 1.29 bits per heavy atom. The van der Waals surface area contributed by atoms with Gasteiger partial charge in [0.25, 0.3) is 0 Å². The molecular formula is C19H26N2. The molecule has 1 aromatic carbocycles. The summed E-state index contributed by atoms with van der Waals surface area (Å²) in [4.78, 5) is 4.52. The summed E-state index contributed by atoms with van der Waals surface area (Å²) in [6.07, 6.45) is 7.15. The molecule has 3 unspecified atom stereocenters. The van der Waals surface area contributed by atoms with Crippen molar-refractivity contribution >= 4 is 10.9 Å². The van der Waals surface area contributed by atoms with Gasteiger partial charge in [-0.05, 0) is 55.3 Å². The fourth-order valence-corrected chi connectivity index (χ4v) is 3.69. The molecule has 1 saturated carbocycles. The van der Waals surface area contributed by atoms with Gasteiger partial charge in [0.2, 0.25) is 0 Å². The minimum atomic E-state index is 0.487. The molecule has 1 fully saturated rings. The van der Waals surface area contributed by atoms with Crippen molar-refractivity contribution in [3.8, 4) is 0 Å². The standard InChI is InChI=1S/C19H26N2/c1-3-10-21-19(16-7-6-14(2)12-16)17-9-8-15-5-4-11-20-18(15)13-17/h4-5,8-9,11,13-14,16,19,21H,3,6-7,10,12H2,1-2H3. The van der Waals surface area contributed by atoms with Crippen LogP contribution in [0.25, 0.3) is 10.9 Å². The molecule has 2 aromatic rings. The van der Waals surface area contributed by atoms with Crippen LogP contribution in [0.5, 0.6) is 0 Å². The topological polar surface area (TPSA) is 24.9 Å². The van der Waals surface area contributed by atoms with Crippen LogP contribution in [0.4, 0.5) is 0 Å². The van der Waals surface area contributed by atoms with Gasteiger partial charge in [-0.1, -0.05) is 38.5 Å². The molecule has 0 radical (unpaired) electrons. The average molecular weight is 282 g/mol. The van der Waals surface area contributed by atoms with Crippen LogP contribution >= 0.6 is 0 Å². The van der Waals surface area contributed by atoms with Gasteiger partial charge in [-0.15, -0.1) is 0 Å². The Bertz CT molecular complexity index is 593. The van der Waals surface area contributed by atoms with Gasteiger partial charge in [0.05, 0.1) is 5.52 Å². The summed E-state index contributed by atoms with van der Waals surface area (Å²) in [7, 11) is 0. The van der Waals surface area contributed by atoms with E-state index in [1.165, 1.54) is 36.6 Å². The smallest absolute Gasteiger partial charge is 0.0705 e. The second-order valence-electron chi connectivity index (χ2n) is 6.57. The highest BCUT2D eigenvalue weighted by Gasteiger charge is 2.29. The first kappa shape index (κ1) is 14.5. The molecule has 0 amide bonds. The van der Waals surface area contributed by atoms with Crippen LogP contribution in [-0.2, 0) is 0 Å². The summed E-state index contributed by atoms with van der Waals surface area (Å²) in [5.41, 5.74) is 2.53. The molecule has 0 aliphatic heterocycles. The Kier molecular flexibility index (Phi) is 4.54. The van der Waals surface area contributed by atoms with Gasteiger partial charge in [0, 0.05) is 17.6 Å². The maximum atomic E-state index is 4.52. The second-order valence-corrected chi connectivity index (χ2v) is 6.57. The fraction of sp³-hybridized carbons (Fsp3) is 0.526. The molecule has 1 aromatic heterocycles. The zero-order valence-corrected chi connectivity index (χ0v) is 13.2. The number of aromatic nitrogens is 1. The van der Waals surface area contributed by atoms with Crippen molar-refractivity contribution in [2.24, 2.45) is 11.8 Å². The zero-order chi connectivity index (χ0) is 14.7. The van der Waals surface area contributed by atoms with Gasteiger partial charge >= 0.3 is 0 Å². The summed E-state index contributed by atoms with van der Waals surface area (Å²) < 4.78 is 0. The van der Waals surface area contributed by atoms with E-state index >= 15 is 0 Å². The zero-order valence-electron chi connectivity index (χ0n) is 13.2. The minimum Gasteiger partial charge on any atom is -0.310 e. The van der Waals surface area contributed by atoms with Crippen molar-refractivity contribution in [2.45, 2.75) is 45.6 Å².